The van der Waals surface area contributed by atoms with Crippen LogP contribution < -0.4 is 21.9 Å². The molecule has 0 aliphatic carbocycles. The third kappa shape index (κ3) is 15.1. The number of carbonyl (C=O) groups excluding carboxylic acids is 4. The van der Waals surface area contributed by atoms with Crippen molar-refractivity contribution in [2.24, 2.45) is 5.84 Å². The van der Waals surface area contributed by atoms with Gasteiger partial charge >= 0.3 is 12.1 Å². The number of hydrazine groups is 1. The van der Waals surface area contributed by atoms with Gasteiger partial charge < -0.3 is 24.8 Å². The first-order valence-corrected chi connectivity index (χ1v) is 14.7. The van der Waals surface area contributed by atoms with Crippen LogP contribution in [0.25, 0.3) is 0 Å². The lowest BCUT2D eigenvalue weighted by molar-refractivity contribution is -0.149. The molecule has 1 aliphatic heterocycles. The Labute approximate surface area is 268 Å². The highest BCUT2D eigenvalue weighted by Crippen LogP contribution is 2.18. The van der Waals surface area contributed by atoms with E-state index in [0.717, 1.165) is 11.1 Å². The molecule has 0 radical (unpaired) electrons. The predicted molar refractivity (Wildman–Crippen MR) is 172 cm³/mol. The van der Waals surface area contributed by atoms with E-state index in [9.17, 15) is 19.2 Å². The number of carbonyl (C=O) groups is 4. The molecule has 0 spiro atoms. The van der Waals surface area contributed by atoms with Gasteiger partial charge in [0.25, 0.3) is 0 Å². The molecule has 11 nitrogen and oxygen atoms in total. The smallest absolute Gasteiger partial charge is 0.421 e. The van der Waals surface area contributed by atoms with Crippen molar-refractivity contribution in [3.8, 4) is 0 Å². The monoisotopic (exact) mass is 640 g/mol. The molecule has 0 aromatic heterocycles. The van der Waals surface area contributed by atoms with Crippen molar-refractivity contribution in [3.05, 3.63) is 107 Å². The minimum Gasteiger partial charge on any atom is -0.490 e. The summed E-state index contributed by atoms with van der Waals surface area (Å²) in [5.74, 6) is 3.99. The number of benzene rings is 1. The van der Waals surface area contributed by atoms with Gasteiger partial charge in [-0.05, 0) is 31.7 Å². The van der Waals surface area contributed by atoms with Crippen LogP contribution in [-0.2, 0) is 35.0 Å². The van der Waals surface area contributed by atoms with E-state index in [1.165, 1.54) is 19.4 Å². The number of ether oxygens (including phenoxy) is 3. The van der Waals surface area contributed by atoms with Crippen LogP contribution in [0.5, 0.6) is 0 Å². The van der Waals surface area contributed by atoms with E-state index in [4.69, 9.17) is 31.7 Å². The maximum Gasteiger partial charge on any atom is 0.421 e. The van der Waals surface area contributed by atoms with Crippen molar-refractivity contribution >= 4 is 35.5 Å². The normalized spacial score (nSPS) is 17.0. The molecule has 1 aromatic carbocycles. The van der Waals surface area contributed by atoms with Crippen molar-refractivity contribution in [2.45, 2.75) is 64.2 Å². The molecule has 1 aromatic rings. The highest BCUT2D eigenvalue weighted by atomic mass is 35.5. The minimum absolute atomic E-state index is 0.218. The average Bonchev–Trinajstić information content (AvgIpc) is 3.02. The number of nitrogens with two attached hydrogens (primary N) is 1. The summed E-state index contributed by atoms with van der Waals surface area (Å²) >= 11 is 5.88. The highest BCUT2D eigenvalue weighted by molar-refractivity contribution is 6.29. The van der Waals surface area contributed by atoms with E-state index < -0.39 is 36.0 Å². The van der Waals surface area contributed by atoms with Crippen molar-refractivity contribution < 1.29 is 33.4 Å². The molecular formula is C33H41ClN4O7. The van der Waals surface area contributed by atoms with Gasteiger partial charge in [-0.1, -0.05) is 84.0 Å². The zero-order valence-electron chi connectivity index (χ0n) is 25.7. The van der Waals surface area contributed by atoms with Gasteiger partial charge in [-0.3, -0.25) is 15.0 Å². The summed E-state index contributed by atoms with van der Waals surface area (Å²) in [6, 6.07) is 8.45. The van der Waals surface area contributed by atoms with Gasteiger partial charge in [-0.2, -0.15) is 0 Å². The van der Waals surface area contributed by atoms with Crippen molar-refractivity contribution in [2.75, 3.05) is 7.11 Å². The van der Waals surface area contributed by atoms with Gasteiger partial charge in [-0.25, -0.2) is 15.4 Å². The topological polar surface area (TPSA) is 158 Å². The fourth-order valence-corrected chi connectivity index (χ4v) is 4.13. The molecule has 3 amide bonds. The Morgan fingerprint density at radius 3 is 2.51 bits per heavy atom. The lowest BCUT2D eigenvalue weighted by Crippen LogP contribution is -2.46. The molecule has 3 atom stereocenters. The van der Waals surface area contributed by atoms with Crippen molar-refractivity contribution in [1.29, 1.82) is 0 Å². The number of rotatable bonds is 16. The molecule has 1 heterocycles. The second kappa shape index (κ2) is 20.4. The molecule has 0 bridgehead atoms. The van der Waals surface area contributed by atoms with Crippen LogP contribution in [0.15, 0.2) is 102 Å². The third-order valence-electron chi connectivity index (χ3n) is 6.39. The van der Waals surface area contributed by atoms with Gasteiger partial charge in [-0.15, -0.1) is 0 Å². The Hall–Kier alpha value is -4.61. The first kappa shape index (κ1) is 36.6. The fourth-order valence-electron chi connectivity index (χ4n) is 4.04. The first-order chi connectivity index (χ1) is 21.6. The standard InChI is InChI=1S/C33H41ClN4O7/c1-23(15-17-27-19-20-29(43-3)32(41)44-27)10-7-8-14-30(39)37-28(22-25-11-5-4-6-12-25)31(40)36-21-9-13-26(18-16-24(2)34)45-33(42)38-35/h4-12,14-16,20-21,26-28H,13,17-19,22,35H2,1-3H3,(H,36,40)(H,37,39)(H,38,42)/b10-7-,14-8-,21-9-,23-15+,24-16+. The predicted octanol–water partition coefficient (Wildman–Crippen LogP) is 4.53. The van der Waals surface area contributed by atoms with Gasteiger partial charge in [0.15, 0.2) is 5.76 Å². The molecule has 0 saturated carbocycles. The number of esters is 1. The second-order valence-electron chi connectivity index (χ2n) is 10.0. The minimum atomic E-state index is -0.859. The van der Waals surface area contributed by atoms with E-state index in [1.54, 1.807) is 37.3 Å². The van der Waals surface area contributed by atoms with Crippen LogP contribution in [0.2, 0.25) is 0 Å². The number of cyclic esters (lactones) is 1. The molecule has 2 rings (SSSR count). The molecule has 5 N–H and O–H groups in total. The van der Waals surface area contributed by atoms with Crippen molar-refractivity contribution in [3.63, 3.8) is 0 Å². The second-order valence-corrected chi connectivity index (χ2v) is 10.6. The van der Waals surface area contributed by atoms with E-state index in [0.29, 0.717) is 24.3 Å². The zero-order valence-corrected chi connectivity index (χ0v) is 26.4. The molecular weight excluding hydrogens is 600 g/mol. The van der Waals surface area contributed by atoms with Crippen LogP contribution in [-0.4, -0.2) is 49.2 Å². The molecule has 3 unspecified atom stereocenters. The summed E-state index contributed by atoms with van der Waals surface area (Å²) in [4.78, 5) is 49.1. The number of nitrogens with one attached hydrogen (secondary N) is 3. The van der Waals surface area contributed by atoms with E-state index in [1.807, 2.05) is 54.8 Å². The molecule has 45 heavy (non-hydrogen) atoms. The van der Waals surface area contributed by atoms with Crippen molar-refractivity contribution in [1.82, 2.24) is 16.1 Å². The maximum atomic E-state index is 13.0. The Kier molecular flexibility index (Phi) is 16.6. The van der Waals surface area contributed by atoms with Gasteiger partial charge in [0.1, 0.15) is 18.2 Å². The van der Waals surface area contributed by atoms with E-state index in [2.05, 4.69) is 10.6 Å². The average molecular weight is 641 g/mol. The maximum absolute atomic E-state index is 13.0. The van der Waals surface area contributed by atoms with Gasteiger partial charge in [0.2, 0.25) is 11.8 Å². The summed E-state index contributed by atoms with van der Waals surface area (Å²) in [5, 5.41) is 5.98. The third-order valence-corrected chi connectivity index (χ3v) is 6.55. The first-order valence-electron chi connectivity index (χ1n) is 14.4. The number of allylic oxidation sites excluding steroid dienone is 5. The zero-order chi connectivity index (χ0) is 33.0. The quantitative estimate of drug-likeness (QED) is 0.0512. The Morgan fingerprint density at radius 1 is 1.11 bits per heavy atom. The van der Waals surface area contributed by atoms with Crippen LogP contribution in [0.4, 0.5) is 4.79 Å². The number of amides is 3. The molecule has 242 valence electrons. The largest absolute Gasteiger partial charge is 0.490 e. The summed E-state index contributed by atoms with van der Waals surface area (Å²) in [6.07, 6.45) is 15.3. The van der Waals surface area contributed by atoms with E-state index in [-0.39, 0.29) is 24.7 Å². The summed E-state index contributed by atoms with van der Waals surface area (Å²) in [6.45, 7) is 3.61. The molecule has 12 heteroatoms. The Morgan fingerprint density at radius 2 is 1.84 bits per heavy atom. The van der Waals surface area contributed by atoms with E-state index >= 15 is 0 Å². The van der Waals surface area contributed by atoms with Crippen LogP contribution in [0.1, 0.15) is 45.1 Å². The lowest BCUT2D eigenvalue weighted by atomic mass is 10.1. The number of hydrogen-bond donors (Lipinski definition) is 4. The van der Waals surface area contributed by atoms with Crippen LogP contribution >= 0.6 is 11.6 Å². The van der Waals surface area contributed by atoms with Gasteiger partial charge in [0, 0.05) is 43.2 Å². The number of halogens is 1. The van der Waals surface area contributed by atoms with Crippen LogP contribution in [0, 0.1) is 0 Å². The fraction of sp³-hybridized carbons (Fsp3) is 0.333. The summed E-state index contributed by atoms with van der Waals surface area (Å²) in [5.41, 5.74) is 3.71. The molecule has 1 aliphatic rings. The Bertz CT molecular complexity index is 1330. The SMILES string of the molecule is COC1=CCC(C/C=C(C)/C=C\C=C/C(=O)NC(Cc2ccccc2)C(=O)N/C=C\CC(C/C=C(\C)Cl)OC(=O)NN)OC1=O. The number of hydrogen-bond acceptors (Lipinski definition) is 8. The van der Waals surface area contributed by atoms with Crippen LogP contribution in [0.3, 0.4) is 0 Å². The summed E-state index contributed by atoms with van der Waals surface area (Å²) in [7, 11) is 1.43. The lowest BCUT2D eigenvalue weighted by Gasteiger charge is -2.20. The van der Waals surface area contributed by atoms with Gasteiger partial charge in [0.05, 0.1) is 7.11 Å². The Balaban J connectivity index is 1.96. The molecule has 0 fully saturated rings. The number of methoxy groups -OCH3 is 1. The summed E-state index contributed by atoms with van der Waals surface area (Å²) < 4.78 is 15.5. The highest BCUT2D eigenvalue weighted by Gasteiger charge is 2.23. The molecule has 0 saturated heterocycles.